The number of rotatable bonds is 2. The third-order valence-corrected chi connectivity index (χ3v) is 5.36. The Kier molecular flexibility index (Phi) is 3.86. The molecule has 0 aliphatic carbocycles. The predicted octanol–water partition coefficient (Wildman–Crippen LogP) is 3.55. The number of aryl methyl sites for hydroxylation is 1. The number of hydrogen-bond acceptors (Lipinski definition) is 4. The van der Waals surface area contributed by atoms with Gasteiger partial charge in [0.1, 0.15) is 0 Å². The van der Waals surface area contributed by atoms with E-state index in [1.54, 1.807) is 0 Å². The van der Waals surface area contributed by atoms with Crippen LogP contribution >= 0.6 is 23.2 Å². The van der Waals surface area contributed by atoms with E-state index in [1.165, 1.54) is 31.2 Å². The minimum atomic E-state index is -3.95. The van der Waals surface area contributed by atoms with Crippen LogP contribution in [-0.4, -0.2) is 18.6 Å². The Balaban J connectivity index is 2.73. The Bertz CT molecular complexity index is 785. The Morgan fingerprint density at radius 3 is 2.20 bits per heavy atom. The fraction of sp³-hybridized carbons (Fsp3) is 0.0769. The second-order valence-electron chi connectivity index (χ2n) is 4.18. The molecule has 0 spiro atoms. The monoisotopic (exact) mass is 332 g/mol. The molecule has 2 N–H and O–H groups in total. The first-order valence-corrected chi connectivity index (χ1v) is 7.70. The zero-order valence-corrected chi connectivity index (χ0v) is 12.6. The lowest BCUT2D eigenvalue weighted by molar-refractivity contribution is 0.401. The number of halogens is 2. The maximum absolute atomic E-state index is 12.6. The first-order valence-electron chi connectivity index (χ1n) is 5.46. The van der Waals surface area contributed by atoms with E-state index in [9.17, 15) is 18.6 Å². The summed E-state index contributed by atoms with van der Waals surface area (Å²) < 4.78 is 25.1. The molecular weight excluding hydrogens is 323 g/mol. The summed E-state index contributed by atoms with van der Waals surface area (Å²) in [5.74, 6) is -0.911. The number of phenols is 2. The van der Waals surface area contributed by atoms with Crippen molar-refractivity contribution >= 4 is 33.0 Å². The van der Waals surface area contributed by atoms with Crippen LogP contribution in [0.1, 0.15) is 5.56 Å². The van der Waals surface area contributed by atoms with E-state index in [2.05, 4.69) is 0 Å². The highest BCUT2D eigenvalue weighted by molar-refractivity contribution is 7.91. The molecule has 0 saturated heterocycles. The number of aromatic hydroxyl groups is 2. The molecule has 2 aromatic rings. The Morgan fingerprint density at radius 2 is 1.55 bits per heavy atom. The maximum Gasteiger partial charge on any atom is 0.208 e. The predicted molar refractivity (Wildman–Crippen MR) is 76.4 cm³/mol. The highest BCUT2D eigenvalue weighted by atomic mass is 35.5. The van der Waals surface area contributed by atoms with Crippen LogP contribution in [0.15, 0.2) is 40.1 Å². The van der Waals surface area contributed by atoms with Crippen LogP contribution in [0.25, 0.3) is 0 Å². The first-order chi connectivity index (χ1) is 9.23. The molecule has 2 rings (SSSR count). The lowest BCUT2D eigenvalue weighted by Crippen LogP contribution is -2.05. The summed E-state index contributed by atoms with van der Waals surface area (Å²) in [6.45, 7) is 1.50. The van der Waals surface area contributed by atoms with E-state index in [4.69, 9.17) is 23.2 Å². The summed E-state index contributed by atoms with van der Waals surface area (Å²) in [6.07, 6.45) is 0. The highest BCUT2D eigenvalue weighted by Crippen LogP contribution is 2.36. The van der Waals surface area contributed by atoms with Gasteiger partial charge in [-0.05, 0) is 36.8 Å². The summed E-state index contributed by atoms with van der Waals surface area (Å²) >= 11 is 11.7. The van der Waals surface area contributed by atoms with Crippen molar-refractivity contribution in [3.63, 3.8) is 0 Å². The molecule has 0 saturated carbocycles. The summed E-state index contributed by atoms with van der Waals surface area (Å²) in [6, 6.07) is 6.25. The van der Waals surface area contributed by atoms with Gasteiger partial charge in [-0.3, -0.25) is 0 Å². The van der Waals surface area contributed by atoms with Crippen LogP contribution in [0.2, 0.25) is 10.0 Å². The van der Waals surface area contributed by atoms with Crippen molar-refractivity contribution in [2.75, 3.05) is 0 Å². The second kappa shape index (κ2) is 5.16. The molecule has 0 aliphatic heterocycles. The van der Waals surface area contributed by atoms with E-state index in [0.717, 1.165) is 6.07 Å². The molecule has 4 nitrogen and oxygen atoms in total. The van der Waals surface area contributed by atoms with Gasteiger partial charge in [0, 0.05) is 11.1 Å². The largest absolute Gasteiger partial charge is 0.504 e. The number of hydrogen-bond donors (Lipinski definition) is 2. The lowest BCUT2D eigenvalue weighted by atomic mass is 10.2. The van der Waals surface area contributed by atoms with Gasteiger partial charge in [-0.2, -0.15) is 0 Å². The van der Waals surface area contributed by atoms with E-state index < -0.39 is 21.3 Å². The van der Waals surface area contributed by atoms with Crippen LogP contribution < -0.4 is 0 Å². The topological polar surface area (TPSA) is 74.6 Å². The first kappa shape index (κ1) is 15.0. The van der Waals surface area contributed by atoms with E-state index in [-0.39, 0.29) is 25.4 Å². The molecule has 0 aliphatic rings. The molecule has 0 fully saturated rings. The summed E-state index contributed by atoms with van der Waals surface area (Å²) in [4.78, 5) is -0.295. The van der Waals surface area contributed by atoms with Crippen molar-refractivity contribution in [2.24, 2.45) is 0 Å². The quantitative estimate of drug-likeness (QED) is 0.824. The van der Waals surface area contributed by atoms with E-state index in [0.29, 0.717) is 0 Å². The molecule has 0 heterocycles. The normalized spacial score (nSPS) is 11.6. The zero-order valence-electron chi connectivity index (χ0n) is 10.3. The van der Waals surface area contributed by atoms with E-state index in [1.807, 2.05) is 0 Å². The molecule has 2 aromatic carbocycles. The van der Waals surface area contributed by atoms with Gasteiger partial charge < -0.3 is 10.2 Å². The molecule has 0 amide bonds. The molecule has 0 atom stereocenters. The highest BCUT2D eigenvalue weighted by Gasteiger charge is 2.24. The third-order valence-electron chi connectivity index (χ3n) is 2.74. The summed E-state index contributed by atoms with van der Waals surface area (Å²) in [5, 5.41) is 19.1. The van der Waals surface area contributed by atoms with Gasteiger partial charge >= 0.3 is 0 Å². The van der Waals surface area contributed by atoms with Crippen molar-refractivity contribution < 1.29 is 18.6 Å². The van der Waals surface area contributed by atoms with Gasteiger partial charge in [-0.15, -0.1) is 0 Å². The van der Waals surface area contributed by atoms with Gasteiger partial charge in [0.25, 0.3) is 0 Å². The van der Waals surface area contributed by atoms with Crippen LogP contribution in [0.4, 0.5) is 0 Å². The number of benzene rings is 2. The van der Waals surface area contributed by atoms with Gasteiger partial charge in [0.15, 0.2) is 11.5 Å². The third kappa shape index (κ3) is 2.57. The summed E-state index contributed by atoms with van der Waals surface area (Å²) in [5.41, 5.74) is 0.288. The van der Waals surface area contributed by atoms with Gasteiger partial charge in [0.05, 0.1) is 14.8 Å². The van der Waals surface area contributed by atoms with Crippen molar-refractivity contribution in [2.45, 2.75) is 16.7 Å². The van der Waals surface area contributed by atoms with Gasteiger partial charge in [0.2, 0.25) is 9.84 Å². The average Bonchev–Trinajstić information content (AvgIpc) is 2.36. The Labute approximate surface area is 126 Å². The molecule has 0 unspecified atom stereocenters. The number of sulfone groups is 1. The molecule has 0 radical (unpaired) electrons. The van der Waals surface area contributed by atoms with Crippen molar-refractivity contribution in [3.8, 4) is 11.5 Å². The smallest absolute Gasteiger partial charge is 0.208 e. The van der Waals surface area contributed by atoms with Gasteiger partial charge in [-0.1, -0.05) is 23.2 Å². The molecular formula is C13H10Cl2O4S. The van der Waals surface area contributed by atoms with Crippen molar-refractivity contribution in [1.82, 2.24) is 0 Å². The lowest BCUT2D eigenvalue weighted by Gasteiger charge is -2.11. The Morgan fingerprint density at radius 1 is 0.950 bits per heavy atom. The van der Waals surface area contributed by atoms with Crippen LogP contribution in [0.5, 0.6) is 11.5 Å². The molecule has 0 bridgehead atoms. The molecule has 106 valence electrons. The van der Waals surface area contributed by atoms with E-state index >= 15 is 0 Å². The summed E-state index contributed by atoms with van der Waals surface area (Å²) in [7, 11) is -3.95. The molecule has 7 heteroatoms. The molecule has 0 aromatic heterocycles. The minimum Gasteiger partial charge on any atom is -0.504 e. The van der Waals surface area contributed by atoms with Crippen LogP contribution in [0, 0.1) is 6.92 Å². The van der Waals surface area contributed by atoms with Gasteiger partial charge in [-0.25, -0.2) is 8.42 Å². The van der Waals surface area contributed by atoms with Crippen molar-refractivity contribution in [1.29, 1.82) is 0 Å². The fourth-order valence-electron chi connectivity index (χ4n) is 1.75. The number of phenolic OH excluding ortho intramolecular Hbond substituents is 2. The van der Waals surface area contributed by atoms with Crippen LogP contribution in [0.3, 0.4) is 0 Å². The van der Waals surface area contributed by atoms with Crippen LogP contribution in [-0.2, 0) is 9.84 Å². The fourth-order valence-corrected chi connectivity index (χ4v) is 4.01. The SMILES string of the molecule is Cc1cc(O)c(O)cc1S(=O)(=O)c1cc(Cl)ccc1Cl. The second-order valence-corrected chi connectivity index (χ2v) is 6.91. The minimum absolute atomic E-state index is 0.0290. The maximum atomic E-state index is 12.6. The standard InChI is InChI=1S/C13H10Cl2O4S/c1-7-4-10(16)11(17)6-12(7)20(18,19)13-5-8(14)2-3-9(13)15/h2-6,16-17H,1H3. The van der Waals surface area contributed by atoms with Crippen molar-refractivity contribution in [3.05, 3.63) is 45.9 Å². The molecule has 20 heavy (non-hydrogen) atoms. The zero-order chi connectivity index (χ0) is 15.1. The Hall–Kier alpha value is -1.43. The average molecular weight is 333 g/mol.